The fourth-order valence-electron chi connectivity index (χ4n) is 4.47. The van der Waals surface area contributed by atoms with Crippen LogP contribution in [0.5, 0.6) is 17.2 Å². The normalized spacial score (nSPS) is 9.30. The van der Waals surface area contributed by atoms with Gasteiger partial charge in [0.15, 0.2) is 0 Å². The van der Waals surface area contributed by atoms with E-state index in [9.17, 15) is 0 Å². The standard InChI is InChI=1S/C33H24O2.C9H8O.C6H3Br3/c1-25-4-6-26(7-5-25)8-11-29-22-30(12-9-27-14-18-32(34-2)19-15-27)24-31(23-29)13-10-28-16-20-33(35-3)21-17-28;1-3-8-4-6-9(10-2)7-5-8;7-4-1-5(8)3-6(9)2-4/h4-7,14-24H,1-3H3;1,4-7H,2H3;1-3H. The van der Waals surface area contributed by atoms with E-state index in [1.165, 1.54) is 5.56 Å². The molecule has 266 valence electrons. The summed E-state index contributed by atoms with van der Waals surface area (Å²) in [5.74, 6) is 24.4. The van der Waals surface area contributed by atoms with Crippen LogP contribution in [0, 0.1) is 54.8 Å². The minimum absolute atomic E-state index is 0.806. The van der Waals surface area contributed by atoms with E-state index in [4.69, 9.17) is 20.6 Å². The number of halogens is 3. The molecule has 0 aromatic heterocycles. The van der Waals surface area contributed by atoms with Gasteiger partial charge in [-0.05, 0) is 128 Å². The first-order valence-corrected chi connectivity index (χ1v) is 18.8. The molecule has 0 atom stereocenters. The minimum atomic E-state index is 0.806. The molecule has 3 nitrogen and oxygen atoms in total. The molecular weight excluding hydrogens is 864 g/mol. The van der Waals surface area contributed by atoms with Crippen molar-refractivity contribution in [3.05, 3.63) is 191 Å². The molecule has 0 radical (unpaired) electrons. The largest absolute Gasteiger partial charge is 0.497 e. The minimum Gasteiger partial charge on any atom is -0.497 e. The Balaban J connectivity index is 0.000000277. The van der Waals surface area contributed by atoms with Crippen molar-refractivity contribution >= 4 is 47.8 Å². The maximum atomic E-state index is 5.22. The van der Waals surface area contributed by atoms with E-state index in [2.05, 4.69) is 108 Å². The molecule has 0 heterocycles. The van der Waals surface area contributed by atoms with Gasteiger partial charge in [0.05, 0.1) is 21.3 Å². The summed E-state index contributed by atoms with van der Waals surface area (Å²) in [5.41, 5.74) is 7.46. The molecule has 0 bridgehead atoms. The molecule has 0 unspecified atom stereocenters. The molecule has 6 aromatic rings. The fourth-order valence-corrected chi connectivity index (χ4v) is 6.87. The molecule has 0 N–H and O–H groups in total. The lowest BCUT2D eigenvalue weighted by atomic mass is 10.0. The third-order valence-corrected chi connectivity index (χ3v) is 8.68. The number of terminal acetylenes is 1. The van der Waals surface area contributed by atoms with Crippen molar-refractivity contribution in [3.8, 4) is 65.1 Å². The lowest BCUT2D eigenvalue weighted by Crippen LogP contribution is -1.86. The third kappa shape index (κ3) is 14.4. The molecule has 0 aliphatic heterocycles. The molecule has 0 spiro atoms. The van der Waals surface area contributed by atoms with Crippen LogP contribution in [0.1, 0.15) is 44.5 Å². The first-order valence-electron chi connectivity index (χ1n) is 16.4. The van der Waals surface area contributed by atoms with Crippen LogP contribution in [0.15, 0.2) is 147 Å². The molecular formula is C48H35Br3O3. The molecule has 6 heteroatoms. The van der Waals surface area contributed by atoms with Crippen molar-refractivity contribution in [2.75, 3.05) is 21.3 Å². The number of rotatable bonds is 3. The lowest BCUT2D eigenvalue weighted by Gasteiger charge is -1.99. The summed E-state index contributed by atoms with van der Waals surface area (Å²) < 4.78 is 18.6. The van der Waals surface area contributed by atoms with Crippen LogP contribution in [-0.2, 0) is 0 Å². The highest BCUT2D eigenvalue weighted by Gasteiger charge is 1.99. The number of ether oxygens (including phenoxy) is 3. The van der Waals surface area contributed by atoms with Crippen LogP contribution in [0.4, 0.5) is 0 Å². The van der Waals surface area contributed by atoms with Crippen LogP contribution in [0.3, 0.4) is 0 Å². The summed E-state index contributed by atoms with van der Waals surface area (Å²) in [6.07, 6.45) is 5.15. The average molecular weight is 900 g/mol. The summed E-state index contributed by atoms with van der Waals surface area (Å²) in [6.45, 7) is 2.07. The van der Waals surface area contributed by atoms with Gasteiger partial charge in [-0.3, -0.25) is 0 Å². The Morgan fingerprint density at radius 2 is 0.630 bits per heavy atom. The van der Waals surface area contributed by atoms with Gasteiger partial charge in [0.25, 0.3) is 0 Å². The molecule has 0 saturated carbocycles. The van der Waals surface area contributed by atoms with Gasteiger partial charge < -0.3 is 14.2 Å². The Hall–Kier alpha value is -5.60. The SMILES string of the molecule is Brc1cc(Br)cc(Br)c1.C#Cc1ccc(OC)cc1.COc1ccc(C#Cc2cc(C#Cc3ccc(C)cc3)cc(C#Cc3ccc(OC)cc3)c2)cc1. The number of hydrogen-bond donors (Lipinski definition) is 0. The van der Waals surface area contributed by atoms with Gasteiger partial charge in [-0.25, -0.2) is 0 Å². The molecule has 6 aromatic carbocycles. The first-order chi connectivity index (χ1) is 26.2. The quantitative estimate of drug-likeness (QED) is 0.166. The average Bonchev–Trinajstić information content (AvgIpc) is 3.19. The summed E-state index contributed by atoms with van der Waals surface area (Å²) in [7, 11) is 4.93. The Bertz CT molecular complexity index is 2240. The third-order valence-electron chi connectivity index (χ3n) is 7.30. The zero-order chi connectivity index (χ0) is 38.7. The van der Waals surface area contributed by atoms with Gasteiger partial charge >= 0.3 is 0 Å². The highest BCUT2D eigenvalue weighted by atomic mass is 79.9. The predicted molar refractivity (Wildman–Crippen MR) is 232 cm³/mol. The number of methoxy groups -OCH3 is 3. The van der Waals surface area contributed by atoms with Gasteiger partial charge in [0.2, 0.25) is 0 Å². The van der Waals surface area contributed by atoms with Gasteiger partial charge in [-0.15, -0.1) is 6.42 Å². The summed E-state index contributed by atoms with van der Waals surface area (Å²) >= 11 is 10.1. The second-order valence-corrected chi connectivity index (χ2v) is 14.1. The van der Waals surface area contributed by atoms with Crippen molar-refractivity contribution in [2.24, 2.45) is 0 Å². The zero-order valence-corrected chi connectivity index (χ0v) is 34.9. The number of benzene rings is 6. The molecule has 54 heavy (non-hydrogen) atoms. The molecule has 0 aliphatic carbocycles. The Morgan fingerprint density at radius 1 is 0.370 bits per heavy atom. The van der Waals surface area contributed by atoms with Crippen LogP contribution < -0.4 is 14.2 Å². The van der Waals surface area contributed by atoms with Crippen molar-refractivity contribution in [2.45, 2.75) is 6.92 Å². The second-order valence-electron chi connectivity index (χ2n) is 11.3. The first kappa shape index (κ1) is 41.2. The van der Waals surface area contributed by atoms with Crippen molar-refractivity contribution in [3.63, 3.8) is 0 Å². The Morgan fingerprint density at radius 3 is 0.907 bits per heavy atom. The van der Waals surface area contributed by atoms with Gasteiger partial charge in [0.1, 0.15) is 17.2 Å². The van der Waals surface area contributed by atoms with Gasteiger partial charge in [-0.2, -0.15) is 0 Å². The Labute approximate surface area is 344 Å². The highest BCUT2D eigenvalue weighted by molar-refractivity contribution is 9.11. The van der Waals surface area contributed by atoms with E-state index in [0.717, 1.165) is 69.6 Å². The van der Waals surface area contributed by atoms with E-state index in [1.54, 1.807) is 21.3 Å². The second kappa shape index (κ2) is 21.8. The van der Waals surface area contributed by atoms with Crippen molar-refractivity contribution in [1.82, 2.24) is 0 Å². The molecule has 0 aliphatic rings. The smallest absolute Gasteiger partial charge is 0.118 e. The van der Waals surface area contributed by atoms with Crippen LogP contribution in [-0.4, -0.2) is 21.3 Å². The highest BCUT2D eigenvalue weighted by Crippen LogP contribution is 2.23. The summed E-state index contributed by atoms with van der Waals surface area (Å²) in [6, 6.07) is 42.9. The summed E-state index contributed by atoms with van der Waals surface area (Å²) in [4.78, 5) is 0. The van der Waals surface area contributed by atoms with E-state index in [0.29, 0.717) is 0 Å². The van der Waals surface area contributed by atoms with Crippen molar-refractivity contribution in [1.29, 1.82) is 0 Å². The monoisotopic (exact) mass is 896 g/mol. The van der Waals surface area contributed by atoms with Gasteiger partial charge in [0, 0.05) is 52.4 Å². The maximum Gasteiger partial charge on any atom is 0.118 e. The van der Waals surface area contributed by atoms with Gasteiger partial charge in [-0.1, -0.05) is 107 Å². The number of aryl methyl sites for hydroxylation is 1. The number of hydrogen-bond acceptors (Lipinski definition) is 3. The molecule has 6 rings (SSSR count). The Kier molecular flexibility index (Phi) is 16.6. The maximum absolute atomic E-state index is 5.22. The van der Waals surface area contributed by atoms with Crippen LogP contribution in [0.25, 0.3) is 0 Å². The molecule has 0 amide bonds. The topological polar surface area (TPSA) is 27.7 Å². The molecule has 0 fully saturated rings. The van der Waals surface area contributed by atoms with Crippen molar-refractivity contribution < 1.29 is 14.2 Å². The fraction of sp³-hybridized carbons (Fsp3) is 0.0833. The van der Waals surface area contributed by atoms with Crippen LogP contribution in [0.2, 0.25) is 0 Å². The van der Waals surface area contributed by atoms with E-state index in [1.807, 2.05) is 121 Å². The van der Waals surface area contributed by atoms with E-state index in [-0.39, 0.29) is 0 Å². The molecule has 0 saturated heterocycles. The predicted octanol–water partition coefficient (Wildman–Crippen LogP) is 11.9. The van der Waals surface area contributed by atoms with E-state index < -0.39 is 0 Å². The van der Waals surface area contributed by atoms with Crippen LogP contribution >= 0.6 is 47.8 Å². The lowest BCUT2D eigenvalue weighted by molar-refractivity contribution is 0.414. The zero-order valence-electron chi connectivity index (χ0n) is 30.1. The summed E-state index contributed by atoms with van der Waals surface area (Å²) in [5, 5.41) is 0. The van der Waals surface area contributed by atoms with E-state index >= 15 is 0 Å².